The molecular formula is C26H50O. The monoisotopic (exact) mass is 378 g/mol. The highest BCUT2D eigenvalue weighted by Gasteiger charge is 2.57. The second-order valence-corrected chi connectivity index (χ2v) is 9.99. The predicted octanol–water partition coefficient (Wildman–Crippen LogP) is 7.71. The van der Waals surface area contributed by atoms with Crippen molar-refractivity contribution in [1.82, 2.24) is 0 Å². The first-order chi connectivity index (χ1) is 13.0. The molecular weight excluding hydrogens is 328 g/mol. The topological polar surface area (TPSA) is 20.2 Å². The van der Waals surface area contributed by atoms with E-state index in [0.29, 0.717) is 11.3 Å². The quantitative estimate of drug-likeness (QED) is 0.521. The molecule has 27 heavy (non-hydrogen) atoms. The Morgan fingerprint density at radius 1 is 0.852 bits per heavy atom. The van der Waals surface area contributed by atoms with Crippen molar-refractivity contribution in [3.63, 3.8) is 0 Å². The van der Waals surface area contributed by atoms with E-state index in [1.165, 1.54) is 57.8 Å². The van der Waals surface area contributed by atoms with Crippen LogP contribution in [-0.2, 0) is 0 Å². The van der Waals surface area contributed by atoms with Gasteiger partial charge in [-0.25, -0.2) is 0 Å². The summed E-state index contributed by atoms with van der Waals surface area (Å²) in [6.45, 7) is 15.0. The van der Waals surface area contributed by atoms with Gasteiger partial charge in [-0.2, -0.15) is 0 Å². The first-order valence-corrected chi connectivity index (χ1v) is 12.7. The maximum absolute atomic E-state index is 10.3. The Morgan fingerprint density at radius 3 is 2.15 bits per heavy atom. The number of hydrogen-bond acceptors (Lipinski definition) is 1. The molecule has 4 fully saturated rings. The van der Waals surface area contributed by atoms with Crippen molar-refractivity contribution >= 4 is 0 Å². The minimum atomic E-state index is -0.0992. The van der Waals surface area contributed by atoms with Crippen LogP contribution >= 0.6 is 0 Å². The fourth-order valence-electron chi connectivity index (χ4n) is 8.15. The van der Waals surface area contributed by atoms with E-state index in [1.807, 2.05) is 34.6 Å². The van der Waals surface area contributed by atoms with Crippen LogP contribution in [-0.4, -0.2) is 11.2 Å². The summed E-state index contributed by atoms with van der Waals surface area (Å²) in [4.78, 5) is 0. The van der Waals surface area contributed by atoms with Crippen molar-refractivity contribution < 1.29 is 5.11 Å². The van der Waals surface area contributed by atoms with E-state index in [-0.39, 0.29) is 6.10 Å². The Labute approximate surface area is 171 Å². The average Bonchev–Trinajstić information content (AvgIpc) is 3.08. The van der Waals surface area contributed by atoms with Gasteiger partial charge in [0.05, 0.1) is 6.10 Å². The summed E-state index contributed by atoms with van der Waals surface area (Å²) in [5.74, 6) is 6.69. The minimum Gasteiger partial charge on any atom is -0.393 e. The number of aliphatic hydroxyl groups excluding tert-OH is 1. The fraction of sp³-hybridized carbons (Fsp3) is 1.00. The van der Waals surface area contributed by atoms with E-state index >= 15 is 0 Å². The summed E-state index contributed by atoms with van der Waals surface area (Å²) < 4.78 is 0. The van der Waals surface area contributed by atoms with Gasteiger partial charge in [-0.1, -0.05) is 54.4 Å². The lowest BCUT2D eigenvalue weighted by Crippen LogP contribution is -2.49. The smallest absolute Gasteiger partial charge is 0.0545 e. The van der Waals surface area contributed by atoms with Gasteiger partial charge < -0.3 is 5.11 Å². The third-order valence-corrected chi connectivity index (χ3v) is 9.30. The Kier molecular flexibility index (Phi) is 8.72. The van der Waals surface area contributed by atoms with Gasteiger partial charge in [-0.15, -0.1) is 0 Å². The third kappa shape index (κ3) is 4.29. The first-order valence-electron chi connectivity index (χ1n) is 12.7. The van der Waals surface area contributed by atoms with Gasteiger partial charge in [0.1, 0.15) is 0 Å². The number of fused-ring (bicyclic) bond motifs is 5. The van der Waals surface area contributed by atoms with Crippen molar-refractivity contribution in [2.75, 3.05) is 0 Å². The summed E-state index contributed by atoms with van der Waals surface area (Å²) in [7, 11) is 0. The summed E-state index contributed by atoms with van der Waals surface area (Å²) >= 11 is 0. The molecule has 0 spiro atoms. The Bertz CT molecular complexity index is 430. The molecule has 1 N–H and O–H groups in total. The highest BCUT2D eigenvalue weighted by Crippen LogP contribution is 2.64. The first kappa shape index (κ1) is 23.2. The van der Waals surface area contributed by atoms with Gasteiger partial charge >= 0.3 is 0 Å². The molecule has 4 saturated carbocycles. The highest BCUT2D eigenvalue weighted by molar-refractivity contribution is 5.06. The molecule has 0 amide bonds. The molecule has 160 valence electrons. The second-order valence-electron chi connectivity index (χ2n) is 9.99. The maximum Gasteiger partial charge on any atom is 0.0545 e. The highest BCUT2D eigenvalue weighted by atomic mass is 16.3. The molecule has 9 atom stereocenters. The van der Waals surface area contributed by atoms with Gasteiger partial charge in [0.25, 0.3) is 0 Å². The lowest BCUT2D eigenvalue weighted by Gasteiger charge is -2.56. The van der Waals surface area contributed by atoms with E-state index < -0.39 is 0 Å². The molecule has 0 aliphatic heterocycles. The van der Waals surface area contributed by atoms with Gasteiger partial charge in [-0.3, -0.25) is 0 Å². The molecule has 0 bridgehead atoms. The molecule has 4 aliphatic rings. The van der Waals surface area contributed by atoms with E-state index in [4.69, 9.17) is 0 Å². The number of hydrogen-bond donors (Lipinski definition) is 1. The van der Waals surface area contributed by atoms with E-state index in [0.717, 1.165) is 35.5 Å². The summed E-state index contributed by atoms with van der Waals surface area (Å²) in [6.07, 6.45) is 14.5. The summed E-state index contributed by atoms with van der Waals surface area (Å²) in [6, 6.07) is 0. The predicted molar refractivity (Wildman–Crippen MR) is 119 cm³/mol. The van der Waals surface area contributed by atoms with Crippen LogP contribution < -0.4 is 0 Å². The fourth-order valence-corrected chi connectivity index (χ4v) is 8.15. The van der Waals surface area contributed by atoms with Crippen LogP contribution in [0.25, 0.3) is 0 Å². The van der Waals surface area contributed by atoms with Crippen molar-refractivity contribution in [2.24, 2.45) is 46.8 Å². The van der Waals surface area contributed by atoms with Crippen molar-refractivity contribution in [2.45, 2.75) is 119 Å². The van der Waals surface area contributed by atoms with Crippen LogP contribution in [0.1, 0.15) is 113 Å². The maximum atomic E-state index is 10.3. The van der Waals surface area contributed by atoms with Crippen LogP contribution in [0.5, 0.6) is 0 Å². The molecule has 0 saturated heterocycles. The number of aliphatic hydroxyl groups is 1. The van der Waals surface area contributed by atoms with Crippen LogP contribution in [0.4, 0.5) is 0 Å². The lowest BCUT2D eigenvalue weighted by molar-refractivity contribution is -0.0821. The molecule has 1 nitrogen and oxygen atoms in total. The Morgan fingerprint density at radius 2 is 1.52 bits per heavy atom. The second kappa shape index (κ2) is 10.1. The Balaban J connectivity index is 0.000000614. The Hall–Kier alpha value is -0.0400. The zero-order chi connectivity index (χ0) is 20.2. The van der Waals surface area contributed by atoms with Crippen LogP contribution in [0.3, 0.4) is 0 Å². The van der Waals surface area contributed by atoms with Gasteiger partial charge in [0, 0.05) is 0 Å². The summed E-state index contributed by atoms with van der Waals surface area (Å²) in [5, 5.41) is 10.3. The standard InChI is InChI=1S/C22H38O.2C2H6/c1-4-15-5-7-17-16(13-15)6-8-19-18(17)11-12-22(3)20(14(2)23)9-10-21(19)22;2*1-2/h14-21,23H,4-13H2,1-3H3;2*1-2H3. The van der Waals surface area contributed by atoms with Gasteiger partial charge in [0.15, 0.2) is 0 Å². The largest absolute Gasteiger partial charge is 0.393 e. The molecule has 0 aromatic carbocycles. The molecule has 4 rings (SSSR count). The van der Waals surface area contributed by atoms with Crippen molar-refractivity contribution in [3.05, 3.63) is 0 Å². The normalized spacial score (nSPS) is 46.4. The SMILES string of the molecule is CC.CC.CCC1CCC2C(CCC3C2CCC2(C)C(C(C)O)CCC32)C1. The zero-order valence-electron chi connectivity index (χ0n) is 19.6. The third-order valence-electron chi connectivity index (χ3n) is 9.30. The number of rotatable bonds is 2. The molecule has 0 aromatic rings. The van der Waals surface area contributed by atoms with Crippen LogP contribution in [0.2, 0.25) is 0 Å². The average molecular weight is 379 g/mol. The van der Waals surface area contributed by atoms with Crippen LogP contribution in [0.15, 0.2) is 0 Å². The molecule has 9 unspecified atom stereocenters. The molecule has 0 aromatic heterocycles. The van der Waals surface area contributed by atoms with E-state index in [1.54, 1.807) is 6.42 Å². The van der Waals surface area contributed by atoms with Gasteiger partial charge in [-0.05, 0) is 105 Å². The van der Waals surface area contributed by atoms with E-state index in [2.05, 4.69) is 13.8 Å². The minimum absolute atomic E-state index is 0.0992. The van der Waals surface area contributed by atoms with Crippen molar-refractivity contribution in [1.29, 1.82) is 0 Å². The lowest BCUT2D eigenvalue weighted by atomic mass is 9.49. The molecule has 4 aliphatic carbocycles. The zero-order valence-corrected chi connectivity index (χ0v) is 19.6. The molecule has 0 radical (unpaired) electrons. The van der Waals surface area contributed by atoms with E-state index in [9.17, 15) is 5.11 Å². The van der Waals surface area contributed by atoms with Crippen molar-refractivity contribution in [3.8, 4) is 0 Å². The van der Waals surface area contributed by atoms with Crippen LogP contribution in [0, 0.1) is 46.8 Å². The van der Waals surface area contributed by atoms with Gasteiger partial charge in [0.2, 0.25) is 0 Å². The summed E-state index contributed by atoms with van der Waals surface area (Å²) in [5.41, 5.74) is 0.447. The molecule has 0 heterocycles. The molecule has 1 heteroatoms.